The molecular formula is C39H42FN4O+. The Bertz CT molecular complexity index is 1880. The van der Waals surface area contributed by atoms with Crippen LogP contribution in [0.25, 0.3) is 34.6 Å². The van der Waals surface area contributed by atoms with Gasteiger partial charge < -0.3 is 14.6 Å². The molecule has 0 radical (unpaired) electrons. The van der Waals surface area contributed by atoms with Crippen LogP contribution in [0.3, 0.4) is 0 Å². The summed E-state index contributed by atoms with van der Waals surface area (Å²) in [6, 6.07) is 18.7. The quantitative estimate of drug-likeness (QED) is 0.144. The summed E-state index contributed by atoms with van der Waals surface area (Å²) in [5.41, 5.74) is 13.8. The number of hydrogen-bond donors (Lipinski definition) is 1. The Morgan fingerprint density at radius 2 is 1.58 bits per heavy atom. The molecule has 5 nitrogen and oxygen atoms in total. The van der Waals surface area contributed by atoms with E-state index in [9.17, 15) is 4.39 Å². The first-order chi connectivity index (χ1) is 21.8. The number of aromatic amines is 1. The highest BCUT2D eigenvalue weighted by molar-refractivity contribution is 5.83. The van der Waals surface area contributed by atoms with Crippen molar-refractivity contribution in [3.63, 3.8) is 0 Å². The molecule has 0 bridgehead atoms. The third-order valence-electron chi connectivity index (χ3n) is 9.51. The Morgan fingerprint density at radius 3 is 2.27 bits per heavy atom. The van der Waals surface area contributed by atoms with Gasteiger partial charge in [-0.3, -0.25) is 0 Å². The van der Waals surface area contributed by atoms with Gasteiger partial charge in [0.2, 0.25) is 0 Å². The van der Waals surface area contributed by atoms with Crippen LogP contribution in [0, 0.1) is 33.5 Å². The maximum atomic E-state index is 14.0. The van der Waals surface area contributed by atoms with Crippen LogP contribution in [-0.2, 0) is 19.4 Å². The van der Waals surface area contributed by atoms with Gasteiger partial charge >= 0.3 is 0 Å². The zero-order valence-electron chi connectivity index (χ0n) is 26.8. The maximum absolute atomic E-state index is 14.0. The predicted octanol–water partition coefficient (Wildman–Crippen LogP) is 8.23. The van der Waals surface area contributed by atoms with Crippen molar-refractivity contribution >= 4 is 28.9 Å². The van der Waals surface area contributed by atoms with E-state index in [0.717, 1.165) is 41.2 Å². The zero-order valence-corrected chi connectivity index (χ0v) is 26.8. The standard InChI is InChI=1S/C39H42FN4O/c1-25-20-33(12-13-34(25)39-41-36-15-14-35(40)28(4)37(36)42-39)45-19-7-18-44-26(2)21-29(22-27(44)3)10-11-30-23-31-8-5-16-43-17-6-9-32(24-30)38(31)43/h10-15,20-24H,5-9,16-19H2,1-4H3,(H,41,42)/q+1. The molecule has 2 aliphatic rings. The van der Waals surface area contributed by atoms with Gasteiger partial charge in [0.05, 0.1) is 17.6 Å². The van der Waals surface area contributed by atoms with E-state index in [1.807, 2.05) is 18.2 Å². The molecule has 1 N–H and O–H groups in total. The number of rotatable bonds is 8. The number of fused-ring (bicyclic) bond motifs is 1. The maximum Gasteiger partial charge on any atom is 0.179 e. The lowest BCUT2D eigenvalue weighted by Gasteiger charge is -2.37. The molecule has 2 aromatic heterocycles. The van der Waals surface area contributed by atoms with Gasteiger partial charge in [-0.2, -0.15) is 0 Å². The molecule has 0 spiro atoms. The average Bonchev–Trinajstić information content (AvgIpc) is 3.46. The van der Waals surface area contributed by atoms with Crippen molar-refractivity contribution in [3.05, 3.63) is 105 Å². The fourth-order valence-electron chi connectivity index (χ4n) is 7.25. The monoisotopic (exact) mass is 601 g/mol. The molecule has 0 aliphatic carbocycles. The van der Waals surface area contributed by atoms with Gasteiger partial charge in [0, 0.05) is 62.3 Å². The number of ether oxygens (including phenoxy) is 1. The molecule has 5 aromatic rings. The van der Waals surface area contributed by atoms with E-state index in [1.54, 1.807) is 13.0 Å². The van der Waals surface area contributed by atoms with Crippen LogP contribution in [0.15, 0.2) is 54.6 Å². The molecule has 230 valence electrons. The number of halogens is 1. The van der Waals surface area contributed by atoms with Crippen LogP contribution in [0.2, 0.25) is 0 Å². The number of nitrogens with one attached hydrogen (secondary N) is 1. The molecule has 7 rings (SSSR count). The minimum atomic E-state index is -0.237. The first-order valence-electron chi connectivity index (χ1n) is 16.3. The number of anilines is 1. The van der Waals surface area contributed by atoms with Crippen LogP contribution >= 0.6 is 0 Å². The smallest absolute Gasteiger partial charge is 0.179 e. The van der Waals surface area contributed by atoms with E-state index in [-0.39, 0.29) is 5.82 Å². The molecular weight excluding hydrogens is 559 g/mol. The highest BCUT2D eigenvalue weighted by atomic mass is 19.1. The fourth-order valence-corrected chi connectivity index (χ4v) is 7.25. The van der Waals surface area contributed by atoms with E-state index in [4.69, 9.17) is 4.74 Å². The Hall–Kier alpha value is -4.45. The second kappa shape index (κ2) is 12.2. The summed E-state index contributed by atoms with van der Waals surface area (Å²) >= 11 is 0. The third-order valence-corrected chi connectivity index (χ3v) is 9.51. The Labute approximate surface area is 265 Å². The topological polar surface area (TPSA) is 45.0 Å². The van der Waals surface area contributed by atoms with Crippen LogP contribution in [0.1, 0.15) is 64.0 Å². The first-order valence-corrected chi connectivity index (χ1v) is 16.3. The highest BCUT2D eigenvalue weighted by Gasteiger charge is 2.24. The van der Waals surface area contributed by atoms with E-state index >= 15 is 0 Å². The minimum Gasteiger partial charge on any atom is -0.493 e. The Morgan fingerprint density at radius 1 is 0.889 bits per heavy atom. The largest absolute Gasteiger partial charge is 0.493 e. The second-order valence-electron chi connectivity index (χ2n) is 12.8. The van der Waals surface area contributed by atoms with Gasteiger partial charge in [0.25, 0.3) is 0 Å². The Kier molecular flexibility index (Phi) is 7.90. The number of aryl methyl sites for hydroxylation is 6. The fraction of sp³-hybridized carbons (Fsp3) is 0.333. The first kappa shape index (κ1) is 29.3. The van der Waals surface area contributed by atoms with E-state index in [0.29, 0.717) is 17.7 Å². The average molecular weight is 602 g/mol. The van der Waals surface area contributed by atoms with Gasteiger partial charge in [-0.1, -0.05) is 12.2 Å². The minimum absolute atomic E-state index is 0.237. The third kappa shape index (κ3) is 5.86. The van der Waals surface area contributed by atoms with Gasteiger partial charge in [0.1, 0.15) is 17.4 Å². The number of hydrogen-bond acceptors (Lipinski definition) is 3. The second-order valence-corrected chi connectivity index (χ2v) is 12.8. The van der Waals surface area contributed by atoms with Crippen molar-refractivity contribution in [3.8, 4) is 17.1 Å². The van der Waals surface area contributed by atoms with Crippen molar-refractivity contribution in [2.24, 2.45) is 0 Å². The molecule has 0 atom stereocenters. The van der Waals surface area contributed by atoms with Crippen molar-refractivity contribution in [2.75, 3.05) is 24.6 Å². The molecule has 0 fully saturated rings. The summed E-state index contributed by atoms with van der Waals surface area (Å²) in [5.74, 6) is 1.35. The summed E-state index contributed by atoms with van der Waals surface area (Å²) in [5, 5.41) is 0. The number of benzene rings is 3. The number of H-pyrrole nitrogens is 1. The van der Waals surface area contributed by atoms with Gasteiger partial charge in [0.15, 0.2) is 17.9 Å². The summed E-state index contributed by atoms with van der Waals surface area (Å²) in [6.07, 6.45) is 10.4. The molecule has 6 heteroatoms. The molecule has 2 aliphatic heterocycles. The van der Waals surface area contributed by atoms with Crippen LogP contribution in [-0.4, -0.2) is 29.7 Å². The molecule has 4 heterocycles. The van der Waals surface area contributed by atoms with Crippen molar-refractivity contribution in [1.82, 2.24) is 9.97 Å². The van der Waals surface area contributed by atoms with E-state index in [2.05, 4.69) is 76.6 Å². The van der Waals surface area contributed by atoms with Gasteiger partial charge in [-0.15, -0.1) is 0 Å². The normalized spacial score (nSPS) is 14.4. The van der Waals surface area contributed by atoms with Gasteiger partial charge in [-0.05, 0) is 110 Å². The number of nitrogens with zero attached hydrogens (tertiary/aromatic N) is 3. The van der Waals surface area contributed by atoms with Crippen LogP contribution in [0.5, 0.6) is 5.75 Å². The van der Waals surface area contributed by atoms with Crippen LogP contribution < -0.4 is 14.2 Å². The summed E-state index contributed by atoms with van der Waals surface area (Å²) < 4.78 is 22.5. The van der Waals surface area contributed by atoms with E-state index < -0.39 is 0 Å². The van der Waals surface area contributed by atoms with Crippen molar-refractivity contribution in [1.29, 1.82) is 0 Å². The highest BCUT2D eigenvalue weighted by Crippen LogP contribution is 2.36. The predicted molar refractivity (Wildman–Crippen MR) is 181 cm³/mol. The molecule has 0 saturated heterocycles. The number of pyridine rings is 1. The molecule has 0 saturated carbocycles. The SMILES string of the molecule is Cc1cc(OCCC[n+]2c(C)cc(/C=C/c3cc4c5c(c3)CCCN5CCC4)cc2C)ccc1-c1nc2c(C)c(F)ccc2[nH]1. The molecule has 3 aromatic carbocycles. The summed E-state index contributed by atoms with van der Waals surface area (Å²) in [4.78, 5) is 10.6. The Balaban J connectivity index is 0.972. The lowest BCUT2D eigenvalue weighted by atomic mass is 9.90. The number of imidazole rings is 1. The molecule has 45 heavy (non-hydrogen) atoms. The van der Waals surface area contributed by atoms with Crippen molar-refractivity contribution in [2.45, 2.75) is 66.3 Å². The summed E-state index contributed by atoms with van der Waals surface area (Å²) in [6.45, 7) is 12.2. The van der Waals surface area contributed by atoms with Crippen molar-refractivity contribution < 1.29 is 13.7 Å². The number of aromatic nitrogens is 3. The molecule has 0 amide bonds. The lowest BCUT2D eigenvalue weighted by molar-refractivity contribution is -0.709. The van der Waals surface area contributed by atoms with E-state index in [1.165, 1.54) is 84.2 Å². The molecule has 0 unspecified atom stereocenters. The van der Waals surface area contributed by atoms with Gasteiger partial charge in [-0.25, -0.2) is 13.9 Å². The lowest BCUT2D eigenvalue weighted by Crippen LogP contribution is -2.41. The summed E-state index contributed by atoms with van der Waals surface area (Å²) in [7, 11) is 0. The zero-order chi connectivity index (χ0) is 31.1. The van der Waals surface area contributed by atoms with Crippen LogP contribution in [0.4, 0.5) is 10.1 Å².